The highest BCUT2D eigenvalue weighted by molar-refractivity contribution is 5.91. The first-order valence-electron chi connectivity index (χ1n) is 5.19. The third kappa shape index (κ3) is 1.04. The number of carbonyl (C=O) groups excluding carboxylic acids is 1. The van der Waals surface area contributed by atoms with E-state index in [0.717, 1.165) is 38.6 Å². The number of ketones is 1. The monoisotopic (exact) mass is 179 g/mol. The van der Waals surface area contributed by atoms with E-state index in [1.807, 2.05) is 0 Å². The molecule has 0 aromatic heterocycles. The Morgan fingerprint density at radius 2 is 2.38 bits per heavy atom. The minimum absolute atomic E-state index is 0.107. The van der Waals surface area contributed by atoms with E-state index in [1.54, 1.807) is 0 Å². The van der Waals surface area contributed by atoms with Gasteiger partial charge in [0.25, 0.3) is 0 Å². The molecule has 0 amide bonds. The normalized spacial score (nSPS) is 32.8. The standard InChI is InChI=1S/C11H17NO/c1-3-6-11-8-9(2)12(11)7-4-5-10(11)13/h2-8H2,1H3/t11-/m1/s1. The van der Waals surface area contributed by atoms with Crippen molar-refractivity contribution in [2.24, 2.45) is 0 Å². The van der Waals surface area contributed by atoms with Gasteiger partial charge in [-0.25, -0.2) is 0 Å². The van der Waals surface area contributed by atoms with E-state index in [2.05, 4.69) is 18.4 Å². The Bertz CT molecular complexity index is 259. The molecular formula is C11H17NO. The van der Waals surface area contributed by atoms with Crippen LogP contribution in [0.3, 0.4) is 0 Å². The van der Waals surface area contributed by atoms with Gasteiger partial charge in [0.15, 0.2) is 5.78 Å². The molecule has 2 aliphatic rings. The smallest absolute Gasteiger partial charge is 0.158 e. The van der Waals surface area contributed by atoms with Gasteiger partial charge in [-0.1, -0.05) is 19.9 Å². The van der Waals surface area contributed by atoms with Crippen molar-refractivity contribution in [2.45, 2.75) is 44.6 Å². The second-order valence-corrected chi connectivity index (χ2v) is 4.20. The summed E-state index contributed by atoms with van der Waals surface area (Å²) in [5.41, 5.74) is 1.06. The molecule has 0 saturated carbocycles. The first-order valence-corrected chi connectivity index (χ1v) is 5.19. The predicted molar refractivity (Wildman–Crippen MR) is 52.3 cm³/mol. The Balaban J connectivity index is 2.21. The van der Waals surface area contributed by atoms with Crippen LogP contribution < -0.4 is 0 Å². The summed E-state index contributed by atoms with van der Waals surface area (Å²) in [7, 11) is 0. The van der Waals surface area contributed by atoms with Crippen LogP contribution in [0.15, 0.2) is 12.3 Å². The van der Waals surface area contributed by atoms with Gasteiger partial charge < -0.3 is 4.90 Å². The zero-order valence-electron chi connectivity index (χ0n) is 8.31. The van der Waals surface area contributed by atoms with Crippen LogP contribution in [-0.2, 0) is 4.79 Å². The van der Waals surface area contributed by atoms with E-state index in [9.17, 15) is 4.79 Å². The molecule has 0 aliphatic carbocycles. The Labute approximate surface area is 79.6 Å². The summed E-state index contributed by atoms with van der Waals surface area (Å²) >= 11 is 0. The van der Waals surface area contributed by atoms with Crippen LogP contribution in [0.4, 0.5) is 0 Å². The highest BCUT2D eigenvalue weighted by Crippen LogP contribution is 2.46. The number of piperidine rings is 1. The van der Waals surface area contributed by atoms with Gasteiger partial charge in [0, 0.05) is 25.1 Å². The number of fused-ring (bicyclic) bond motifs is 1. The largest absolute Gasteiger partial charge is 0.362 e. The molecule has 2 heteroatoms. The van der Waals surface area contributed by atoms with Gasteiger partial charge in [-0.3, -0.25) is 4.79 Å². The van der Waals surface area contributed by atoms with Crippen LogP contribution in [-0.4, -0.2) is 22.8 Å². The van der Waals surface area contributed by atoms with Crippen LogP contribution in [0, 0.1) is 0 Å². The summed E-state index contributed by atoms with van der Waals surface area (Å²) < 4.78 is 0. The first kappa shape index (κ1) is 8.79. The summed E-state index contributed by atoms with van der Waals surface area (Å²) in [4.78, 5) is 14.1. The number of Topliss-reactive ketones (excluding diaryl/α,β-unsaturated/α-hetero) is 1. The number of nitrogens with zero attached hydrogens (tertiary/aromatic N) is 1. The van der Waals surface area contributed by atoms with Crippen molar-refractivity contribution in [1.82, 2.24) is 4.90 Å². The number of rotatable bonds is 2. The highest BCUT2D eigenvalue weighted by atomic mass is 16.1. The van der Waals surface area contributed by atoms with Crippen molar-refractivity contribution in [2.75, 3.05) is 6.54 Å². The maximum atomic E-state index is 11.8. The van der Waals surface area contributed by atoms with Gasteiger partial charge in [0.1, 0.15) is 5.54 Å². The molecular weight excluding hydrogens is 162 g/mol. The van der Waals surface area contributed by atoms with Crippen molar-refractivity contribution in [3.8, 4) is 0 Å². The molecule has 2 rings (SSSR count). The minimum atomic E-state index is -0.107. The molecule has 0 aromatic carbocycles. The van der Waals surface area contributed by atoms with Crippen LogP contribution in [0.1, 0.15) is 39.0 Å². The van der Waals surface area contributed by atoms with E-state index in [-0.39, 0.29) is 5.54 Å². The maximum Gasteiger partial charge on any atom is 0.158 e. The molecule has 72 valence electrons. The molecule has 2 nitrogen and oxygen atoms in total. The van der Waals surface area contributed by atoms with Gasteiger partial charge in [-0.2, -0.15) is 0 Å². The molecule has 0 unspecified atom stereocenters. The second kappa shape index (κ2) is 2.86. The summed E-state index contributed by atoms with van der Waals surface area (Å²) in [6, 6.07) is 0. The molecule has 0 aromatic rings. The fourth-order valence-electron chi connectivity index (χ4n) is 2.77. The van der Waals surface area contributed by atoms with Crippen molar-refractivity contribution < 1.29 is 4.79 Å². The van der Waals surface area contributed by atoms with Crippen LogP contribution >= 0.6 is 0 Å². The molecule has 0 spiro atoms. The fourth-order valence-corrected chi connectivity index (χ4v) is 2.77. The third-order valence-corrected chi connectivity index (χ3v) is 3.36. The fraction of sp³-hybridized carbons (Fsp3) is 0.727. The highest BCUT2D eigenvalue weighted by Gasteiger charge is 2.52. The van der Waals surface area contributed by atoms with Crippen LogP contribution in [0.2, 0.25) is 0 Å². The van der Waals surface area contributed by atoms with Crippen LogP contribution in [0.25, 0.3) is 0 Å². The second-order valence-electron chi connectivity index (χ2n) is 4.20. The Morgan fingerprint density at radius 3 is 3.00 bits per heavy atom. The summed E-state index contributed by atoms with van der Waals surface area (Å²) in [5, 5.41) is 0. The molecule has 13 heavy (non-hydrogen) atoms. The lowest BCUT2D eigenvalue weighted by Gasteiger charge is -2.57. The topological polar surface area (TPSA) is 20.3 Å². The van der Waals surface area contributed by atoms with Gasteiger partial charge in [0.05, 0.1) is 0 Å². The third-order valence-electron chi connectivity index (χ3n) is 3.36. The van der Waals surface area contributed by atoms with Crippen molar-refractivity contribution in [1.29, 1.82) is 0 Å². The van der Waals surface area contributed by atoms with Gasteiger partial charge >= 0.3 is 0 Å². The summed E-state index contributed by atoms with van der Waals surface area (Å²) in [5.74, 6) is 0.452. The lowest BCUT2D eigenvalue weighted by molar-refractivity contribution is -0.140. The van der Waals surface area contributed by atoms with E-state index in [1.165, 1.54) is 5.70 Å². The zero-order chi connectivity index (χ0) is 9.47. The molecule has 2 heterocycles. The molecule has 0 radical (unpaired) electrons. The summed E-state index contributed by atoms with van der Waals surface area (Å²) in [6.07, 6.45) is 4.83. The number of hydrogen-bond acceptors (Lipinski definition) is 2. The quantitative estimate of drug-likeness (QED) is 0.647. The van der Waals surface area contributed by atoms with E-state index < -0.39 is 0 Å². The lowest BCUT2D eigenvalue weighted by Crippen LogP contribution is -2.65. The van der Waals surface area contributed by atoms with Crippen LogP contribution in [0.5, 0.6) is 0 Å². The van der Waals surface area contributed by atoms with Gasteiger partial charge in [0.2, 0.25) is 0 Å². The van der Waals surface area contributed by atoms with E-state index >= 15 is 0 Å². The SMILES string of the molecule is C=C1C[C@]2(CCC)C(=O)CCCN12. The predicted octanol–water partition coefficient (Wildman–Crippen LogP) is 2.11. The van der Waals surface area contributed by atoms with Crippen molar-refractivity contribution in [3.63, 3.8) is 0 Å². The molecule has 0 N–H and O–H groups in total. The molecule has 2 fully saturated rings. The van der Waals surface area contributed by atoms with E-state index in [0.29, 0.717) is 5.78 Å². The molecule has 2 saturated heterocycles. The average Bonchev–Trinajstić information content (AvgIpc) is 2.09. The van der Waals surface area contributed by atoms with Crippen molar-refractivity contribution >= 4 is 5.78 Å². The summed E-state index contributed by atoms with van der Waals surface area (Å²) in [6.45, 7) is 7.18. The average molecular weight is 179 g/mol. The van der Waals surface area contributed by atoms with E-state index in [4.69, 9.17) is 0 Å². The van der Waals surface area contributed by atoms with Gasteiger partial charge in [-0.05, 0) is 12.8 Å². The lowest BCUT2D eigenvalue weighted by atomic mass is 9.71. The molecule has 2 aliphatic heterocycles. The Kier molecular flexibility index (Phi) is 1.94. The minimum Gasteiger partial charge on any atom is -0.362 e. The molecule has 0 bridgehead atoms. The number of hydrogen-bond donors (Lipinski definition) is 0. The molecule has 1 atom stereocenters. The number of carbonyl (C=O) groups is 1. The Hall–Kier alpha value is -0.790. The maximum absolute atomic E-state index is 11.8. The van der Waals surface area contributed by atoms with Crippen molar-refractivity contribution in [3.05, 3.63) is 12.3 Å². The zero-order valence-corrected chi connectivity index (χ0v) is 8.31. The first-order chi connectivity index (χ1) is 6.20. The van der Waals surface area contributed by atoms with Gasteiger partial charge in [-0.15, -0.1) is 0 Å². The Morgan fingerprint density at radius 1 is 1.62 bits per heavy atom.